The zero-order chi connectivity index (χ0) is 11.9. The molecule has 0 N–H and O–H groups in total. The number of hydrogen-bond donors (Lipinski definition) is 0. The fourth-order valence-corrected chi connectivity index (χ4v) is 0.659. The van der Waals surface area contributed by atoms with Gasteiger partial charge in [-0.15, -0.1) is 12.8 Å². The van der Waals surface area contributed by atoms with Crippen LogP contribution in [0.3, 0.4) is 0 Å². The molecule has 0 fully saturated rings. The monoisotopic (exact) mass is 208 g/mol. The first-order valence-electron chi connectivity index (χ1n) is 4.18. The second-order valence-corrected chi connectivity index (χ2v) is 3.19. The highest BCUT2D eigenvalue weighted by atomic mass is 16.6. The van der Waals surface area contributed by atoms with Gasteiger partial charge in [0.25, 0.3) is 0 Å². The lowest BCUT2D eigenvalue weighted by atomic mass is 9.94. The Morgan fingerprint density at radius 1 is 1.07 bits per heavy atom. The molecule has 15 heavy (non-hydrogen) atoms. The van der Waals surface area contributed by atoms with Crippen LogP contribution >= 0.6 is 0 Å². The van der Waals surface area contributed by atoms with E-state index in [0.29, 0.717) is 0 Å². The first-order chi connectivity index (χ1) is 6.96. The average Bonchev–Trinajstić information content (AvgIpc) is 2.21. The number of hydrogen-bond acceptors (Lipinski definition) is 4. The predicted molar refractivity (Wildman–Crippen MR) is 53.4 cm³/mol. The summed E-state index contributed by atoms with van der Waals surface area (Å²) in [6.45, 7) is 2.41. The molecule has 4 nitrogen and oxygen atoms in total. The van der Waals surface area contributed by atoms with Crippen LogP contribution in [0.15, 0.2) is 0 Å². The van der Waals surface area contributed by atoms with E-state index in [1.165, 1.54) is 13.8 Å². The van der Waals surface area contributed by atoms with E-state index < -0.39 is 17.4 Å². The summed E-state index contributed by atoms with van der Waals surface area (Å²) < 4.78 is 9.26. The predicted octanol–water partition coefficient (Wildman–Crippen LogP) is 0.365. The topological polar surface area (TPSA) is 52.6 Å². The molecule has 80 valence electrons. The summed E-state index contributed by atoms with van der Waals surface area (Å²) in [5.74, 6) is 2.78. The fourth-order valence-electron chi connectivity index (χ4n) is 0.659. The van der Waals surface area contributed by atoms with Crippen molar-refractivity contribution in [2.75, 3.05) is 13.2 Å². The summed E-state index contributed by atoms with van der Waals surface area (Å²) in [5.41, 5.74) is -1.40. The van der Waals surface area contributed by atoms with Crippen LogP contribution in [0.2, 0.25) is 0 Å². The molecule has 0 bridgehead atoms. The molecule has 0 rings (SSSR count). The van der Waals surface area contributed by atoms with Crippen molar-refractivity contribution in [2.45, 2.75) is 13.8 Å². The van der Waals surface area contributed by atoms with Gasteiger partial charge in [0, 0.05) is 0 Å². The van der Waals surface area contributed by atoms with Crippen LogP contribution in [-0.4, -0.2) is 25.2 Å². The molecule has 0 spiro atoms. The quantitative estimate of drug-likeness (QED) is 0.380. The van der Waals surface area contributed by atoms with Gasteiger partial charge < -0.3 is 9.47 Å². The van der Waals surface area contributed by atoms with Crippen LogP contribution < -0.4 is 0 Å². The Labute approximate surface area is 88.9 Å². The van der Waals surface area contributed by atoms with E-state index in [2.05, 4.69) is 21.3 Å². The lowest BCUT2D eigenvalue weighted by Gasteiger charge is -2.19. The van der Waals surface area contributed by atoms with E-state index >= 15 is 0 Å². The van der Waals surface area contributed by atoms with Gasteiger partial charge in [0.1, 0.15) is 0 Å². The molecule has 0 saturated carbocycles. The van der Waals surface area contributed by atoms with E-state index in [1.54, 1.807) is 0 Å². The molecular formula is C11H12O4. The molecule has 0 aromatic rings. The Bertz CT molecular complexity index is 295. The summed E-state index contributed by atoms with van der Waals surface area (Å²) in [4.78, 5) is 22.7. The van der Waals surface area contributed by atoms with Gasteiger partial charge in [-0.25, -0.2) is 0 Å². The summed E-state index contributed by atoms with van der Waals surface area (Å²) in [5, 5.41) is 0. The van der Waals surface area contributed by atoms with Gasteiger partial charge in [-0.3, -0.25) is 9.59 Å². The Kier molecular flexibility index (Phi) is 4.98. The highest BCUT2D eigenvalue weighted by Gasteiger charge is 2.39. The Hall–Kier alpha value is -1.94. The Morgan fingerprint density at radius 3 is 1.67 bits per heavy atom. The van der Waals surface area contributed by atoms with Gasteiger partial charge >= 0.3 is 11.9 Å². The molecule has 0 aromatic carbocycles. The van der Waals surface area contributed by atoms with Gasteiger partial charge in [0.15, 0.2) is 18.6 Å². The van der Waals surface area contributed by atoms with Crippen molar-refractivity contribution in [3.63, 3.8) is 0 Å². The van der Waals surface area contributed by atoms with Crippen molar-refractivity contribution in [1.29, 1.82) is 0 Å². The molecule has 0 aliphatic carbocycles. The SMILES string of the molecule is C#CCOC(=O)C(C)(C)C(=O)OCC#C. The van der Waals surface area contributed by atoms with Crippen molar-refractivity contribution >= 4 is 11.9 Å². The van der Waals surface area contributed by atoms with E-state index in [0.717, 1.165) is 0 Å². The number of esters is 2. The molecule has 0 radical (unpaired) electrons. The van der Waals surface area contributed by atoms with Crippen molar-refractivity contribution in [3.8, 4) is 24.7 Å². The standard InChI is InChI=1S/C11H12O4/c1-5-7-14-9(12)11(3,4)10(13)15-8-6-2/h1-2H,7-8H2,3-4H3. The normalized spacial score (nSPS) is 9.60. The molecular weight excluding hydrogens is 196 g/mol. The third-order valence-electron chi connectivity index (χ3n) is 1.59. The second-order valence-electron chi connectivity index (χ2n) is 3.19. The van der Waals surface area contributed by atoms with Gasteiger partial charge in [-0.2, -0.15) is 0 Å². The first kappa shape index (κ1) is 13.1. The fraction of sp³-hybridized carbons (Fsp3) is 0.455. The molecule has 0 heterocycles. The van der Waals surface area contributed by atoms with Crippen molar-refractivity contribution in [2.24, 2.45) is 5.41 Å². The smallest absolute Gasteiger partial charge is 0.323 e. The van der Waals surface area contributed by atoms with Crippen LogP contribution in [0.1, 0.15) is 13.8 Å². The lowest BCUT2D eigenvalue weighted by Crippen LogP contribution is -2.36. The molecule has 0 aliphatic heterocycles. The van der Waals surface area contributed by atoms with Crippen LogP contribution in [-0.2, 0) is 19.1 Å². The number of carbonyl (C=O) groups is 2. The number of terminal acetylenes is 2. The first-order valence-corrected chi connectivity index (χ1v) is 4.18. The van der Waals surface area contributed by atoms with Crippen LogP contribution in [0, 0.1) is 30.1 Å². The molecule has 0 atom stereocenters. The van der Waals surface area contributed by atoms with Crippen molar-refractivity contribution < 1.29 is 19.1 Å². The highest BCUT2D eigenvalue weighted by Crippen LogP contribution is 2.19. The van der Waals surface area contributed by atoms with E-state index in [9.17, 15) is 9.59 Å². The van der Waals surface area contributed by atoms with E-state index in [-0.39, 0.29) is 13.2 Å². The molecule has 0 saturated heterocycles. The van der Waals surface area contributed by atoms with Crippen LogP contribution in [0.4, 0.5) is 0 Å². The number of rotatable bonds is 4. The molecule has 0 amide bonds. The zero-order valence-corrected chi connectivity index (χ0v) is 8.70. The molecule has 4 heteroatoms. The van der Waals surface area contributed by atoms with Crippen LogP contribution in [0.5, 0.6) is 0 Å². The minimum Gasteiger partial charge on any atom is -0.452 e. The summed E-state index contributed by atoms with van der Waals surface area (Å²) >= 11 is 0. The number of carbonyl (C=O) groups excluding carboxylic acids is 2. The maximum atomic E-state index is 11.4. The minimum absolute atomic E-state index is 0.176. The Morgan fingerprint density at radius 2 is 1.40 bits per heavy atom. The van der Waals surface area contributed by atoms with Crippen molar-refractivity contribution in [3.05, 3.63) is 0 Å². The maximum Gasteiger partial charge on any atom is 0.323 e. The highest BCUT2D eigenvalue weighted by molar-refractivity contribution is 5.99. The van der Waals surface area contributed by atoms with Gasteiger partial charge in [0.05, 0.1) is 0 Å². The minimum atomic E-state index is -1.40. The average molecular weight is 208 g/mol. The second kappa shape index (κ2) is 5.72. The molecule has 0 aliphatic rings. The van der Waals surface area contributed by atoms with Gasteiger partial charge in [-0.1, -0.05) is 11.8 Å². The summed E-state index contributed by atoms with van der Waals surface area (Å²) in [6, 6.07) is 0. The lowest BCUT2D eigenvalue weighted by molar-refractivity contribution is -0.168. The number of ether oxygens (including phenoxy) is 2. The van der Waals surface area contributed by atoms with Gasteiger partial charge in [-0.05, 0) is 13.8 Å². The summed E-state index contributed by atoms with van der Waals surface area (Å²) in [7, 11) is 0. The van der Waals surface area contributed by atoms with E-state index in [1.807, 2.05) is 0 Å². The van der Waals surface area contributed by atoms with Crippen molar-refractivity contribution in [1.82, 2.24) is 0 Å². The third-order valence-corrected chi connectivity index (χ3v) is 1.59. The molecule has 0 aromatic heterocycles. The zero-order valence-electron chi connectivity index (χ0n) is 8.70. The van der Waals surface area contributed by atoms with Gasteiger partial charge in [0.2, 0.25) is 0 Å². The van der Waals surface area contributed by atoms with Crippen LogP contribution in [0.25, 0.3) is 0 Å². The van der Waals surface area contributed by atoms with E-state index in [4.69, 9.17) is 12.8 Å². The maximum absolute atomic E-state index is 11.4. The molecule has 0 unspecified atom stereocenters. The largest absolute Gasteiger partial charge is 0.452 e. The Balaban J connectivity index is 4.40. The summed E-state index contributed by atoms with van der Waals surface area (Å²) in [6.07, 6.45) is 9.81. The third kappa shape index (κ3) is 3.74.